The van der Waals surface area contributed by atoms with Gasteiger partial charge in [-0.3, -0.25) is 14.5 Å². The highest BCUT2D eigenvalue weighted by Crippen LogP contribution is 2.28. The monoisotopic (exact) mass is 562 g/mol. The molecule has 10 heteroatoms. The summed E-state index contributed by atoms with van der Waals surface area (Å²) in [4.78, 5) is 49.8. The zero-order valence-electron chi connectivity index (χ0n) is 23.1. The highest BCUT2D eigenvalue weighted by molar-refractivity contribution is 6.06. The van der Waals surface area contributed by atoms with E-state index in [0.717, 1.165) is 21.9 Å². The zero-order chi connectivity index (χ0) is 29.1. The molecule has 3 heterocycles. The smallest absolute Gasteiger partial charge is 0.328 e. The topological polar surface area (TPSA) is 112 Å². The van der Waals surface area contributed by atoms with Gasteiger partial charge < -0.3 is 19.1 Å². The van der Waals surface area contributed by atoms with E-state index < -0.39 is 18.0 Å². The third-order valence-electron chi connectivity index (χ3n) is 7.91. The van der Waals surface area contributed by atoms with Crippen molar-refractivity contribution in [3.8, 4) is 6.07 Å². The molecule has 42 heavy (non-hydrogen) atoms. The van der Waals surface area contributed by atoms with E-state index in [0.29, 0.717) is 44.1 Å². The molecular formula is C32H30N6O4. The van der Waals surface area contributed by atoms with Crippen LogP contribution in [0, 0.1) is 11.3 Å². The number of nitrogens with zero attached hydrogens (tertiary/aromatic N) is 6. The van der Waals surface area contributed by atoms with E-state index in [1.165, 1.54) is 9.80 Å². The van der Waals surface area contributed by atoms with Gasteiger partial charge in [-0.25, -0.2) is 9.78 Å². The predicted molar refractivity (Wildman–Crippen MR) is 154 cm³/mol. The lowest BCUT2D eigenvalue weighted by Crippen LogP contribution is -2.45. The molecule has 2 fully saturated rings. The Morgan fingerprint density at radius 1 is 0.952 bits per heavy atom. The van der Waals surface area contributed by atoms with Crippen LogP contribution in [0.2, 0.25) is 0 Å². The van der Waals surface area contributed by atoms with Crippen LogP contribution in [0.5, 0.6) is 0 Å². The number of morpholine rings is 1. The number of urea groups is 1. The van der Waals surface area contributed by atoms with E-state index in [-0.39, 0.29) is 25.4 Å². The second kappa shape index (κ2) is 11.8. The van der Waals surface area contributed by atoms with Crippen molar-refractivity contribution in [1.82, 2.24) is 24.3 Å². The Hall–Kier alpha value is -5.01. The van der Waals surface area contributed by atoms with Gasteiger partial charge in [0, 0.05) is 32.4 Å². The molecule has 0 saturated carbocycles. The third-order valence-corrected chi connectivity index (χ3v) is 7.91. The Balaban J connectivity index is 1.27. The van der Waals surface area contributed by atoms with Crippen molar-refractivity contribution in [2.75, 3.05) is 26.3 Å². The number of aromatic nitrogens is 2. The lowest BCUT2D eigenvalue weighted by molar-refractivity contribution is -0.139. The van der Waals surface area contributed by atoms with Crippen LogP contribution in [0.4, 0.5) is 4.79 Å². The van der Waals surface area contributed by atoms with Crippen LogP contribution in [0.3, 0.4) is 0 Å². The molecule has 0 N–H and O–H groups in total. The molecule has 1 atom stereocenters. The van der Waals surface area contributed by atoms with Gasteiger partial charge in [-0.2, -0.15) is 5.26 Å². The number of nitriles is 1. The van der Waals surface area contributed by atoms with E-state index in [1.807, 2.05) is 59.2 Å². The van der Waals surface area contributed by atoms with Crippen molar-refractivity contribution in [3.63, 3.8) is 0 Å². The summed E-state index contributed by atoms with van der Waals surface area (Å²) in [6, 6.07) is 21.8. The maximum Gasteiger partial charge on any atom is 0.328 e. The number of carbonyl (C=O) groups is 3. The fourth-order valence-corrected chi connectivity index (χ4v) is 5.60. The Bertz CT molecular complexity index is 1660. The van der Waals surface area contributed by atoms with E-state index in [9.17, 15) is 14.4 Å². The van der Waals surface area contributed by atoms with E-state index >= 15 is 0 Å². The number of imidazole rings is 1. The molecule has 1 aromatic heterocycles. The number of benzene rings is 3. The Labute approximate surface area is 243 Å². The Kier molecular flexibility index (Phi) is 7.66. The highest BCUT2D eigenvalue weighted by Gasteiger charge is 2.46. The maximum atomic E-state index is 13.9. The fourth-order valence-electron chi connectivity index (χ4n) is 5.60. The molecule has 4 amide bonds. The summed E-state index contributed by atoms with van der Waals surface area (Å²) in [5.41, 5.74) is 3.12. The van der Waals surface area contributed by atoms with E-state index in [1.54, 1.807) is 29.6 Å². The van der Waals surface area contributed by atoms with Crippen LogP contribution < -0.4 is 0 Å². The quantitative estimate of drug-likeness (QED) is 0.304. The number of rotatable bonds is 8. The van der Waals surface area contributed by atoms with Crippen LogP contribution >= 0.6 is 0 Å². The van der Waals surface area contributed by atoms with Gasteiger partial charge >= 0.3 is 6.03 Å². The summed E-state index contributed by atoms with van der Waals surface area (Å²) in [7, 11) is 0. The van der Waals surface area contributed by atoms with Crippen molar-refractivity contribution in [2.24, 2.45) is 0 Å². The third kappa shape index (κ3) is 5.47. The lowest BCUT2D eigenvalue weighted by atomic mass is 10.0. The summed E-state index contributed by atoms with van der Waals surface area (Å²) in [6.07, 6.45) is 3.22. The van der Waals surface area contributed by atoms with Crippen LogP contribution in [0.15, 0.2) is 79.3 Å². The molecule has 0 aliphatic carbocycles. The van der Waals surface area contributed by atoms with Crippen LogP contribution in [0.25, 0.3) is 10.8 Å². The number of ether oxygens (including phenoxy) is 1. The normalized spacial score (nSPS) is 17.2. The fraction of sp³-hybridized carbons (Fsp3) is 0.281. The molecule has 10 nitrogen and oxygen atoms in total. The molecular weight excluding hydrogens is 532 g/mol. The average molecular weight is 563 g/mol. The average Bonchev–Trinajstić information content (AvgIpc) is 3.55. The number of fused-ring (bicyclic) bond motifs is 1. The number of imide groups is 1. The minimum absolute atomic E-state index is 0.0300. The molecule has 0 unspecified atom stereocenters. The zero-order valence-corrected chi connectivity index (χ0v) is 23.1. The van der Waals surface area contributed by atoms with Crippen molar-refractivity contribution < 1.29 is 19.1 Å². The SMILES string of the molecule is N#Cc1ccc(Cn2cncc2CN2C(=O)[C@H](CC(=O)N3CCOCC3)N(Cc3cccc4ccccc34)C2=O)cc1. The van der Waals surface area contributed by atoms with Gasteiger partial charge in [-0.1, -0.05) is 54.6 Å². The number of hydrogen-bond acceptors (Lipinski definition) is 6. The van der Waals surface area contributed by atoms with Crippen molar-refractivity contribution in [1.29, 1.82) is 5.26 Å². The van der Waals surface area contributed by atoms with Gasteiger partial charge in [0.25, 0.3) is 5.91 Å². The molecule has 0 bridgehead atoms. The van der Waals surface area contributed by atoms with Gasteiger partial charge in [-0.05, 0) is 34.0 Å². The summed E-state index contributed by atoms with van der Waals surface area (Å²) < 4.78 is 7.26. The van der Waals surface area contributed by atoms with Gasteiger partial charge in [0.2, 0.25) is 5.91 Å². The molecule has 0 radical (unpaired) electrons. The molecule has 2 saturated heterocycles. The molecule has 3 aromatic carbocycles. The van der Waals surface area contributed by atoms with Gasteiger partial charge in [0.05, 0.1) is 49.8 Å². The van der Waals surface area contributed by atoms with Crippen molar-refractivity contribution in [2.45, 2.75) is 32.1 Å². The largest absolute Gasteiger partial charge is 0.378 e. The summed E-state index contributed by atoms with van der Waals surface area (Å²) in [5, 5.41) is 11.1. The number of amides is 4. The van der Waals surface area contributed by atoms with Gasteiger partial charge in [0.15, 0.2) is 0 Å². The van der Waals surface area contributed by atoms with Crippen molar-refractivity contribution in [3.05, 3.63) is 102 Å². The summed E-state index contributed by atoms with van der Waals surface area (Å²) in [6.45, 7) is 2.55. The Morgan fingerprint density at radius 2 is 1.71 bits per heavy atom. The second-order valence-electron chi connectivity index (χ2n) is 10.5. The number of hydrogen-bond donors (Lipinski definition) is 0. The highest BCUT2D eigenvalue weighted by atomic mass is 16.5. The Morgan fingerprint density at radius 3 is 2.50 bits per heavy atom. The first kappa shape index (κ1) is 27.2. The van der Waals surface area contributed by atoms with Crippen LogP contribution in [0.1, 0.15) is 28.8 Å². The predicted octanol–water partition coefficient (Wildman–Crippen LogP) is 3.54. The first-order valence-electron chi connectivity index (χ1n) is 13.9. The standard InChI is InChI=1S/C32H30N6O4/c33-17-23-8-10-24(11-9-23)19-36-22-34-18-27(36)21-38-31(40)29(16-30(39)35-12-14-42-15-13-35)37(32(38)41)20-26-6-3-5-25-4-1-2-7-28(25)26/h1-11,18,22,29H,12-16,19-21H2/t29-/m0/s1. The van der Waals surface area contributed by atoms with E-state index in [2.05, 4.69) is 11.1 Å². The summed E-state index contributed by atoms with van der Waals surface area (Å²) in [5.74, 6) is -0.562. The minimum atomic E-state index is -0.915. The number of carbonyl (C=O) groups excluding carboxylic acids is 3. The van der Waals surface area contributed by atoms with Crippen LogP contribution in [-0.4, -0.2) is 74.4 Å². The molecule has 2 aliphatic rings. The van der Waals surface area contributed by atoms with Crippen LogP contribution in [-0.2, 0) is 34.0 Å². The summed E-state index contributed by atoms with van der Waals surface area (Å²) >= 11 is 0. The first-order valence-corrected chi connectivity index (χ1v) is 13.9. The molecule has 4 aromatic rings. The molecule has 2 aliphatic heterocycles. The first-order chi connectivity index (χ1) is 20.5. The molecule has 0 spiro atoms. The van der Waals surface area contributed by atoms with Gasteiger partial charge in [0.1, 0.15) is 6.04 Å². The lowest BCUT2D eigenvalue weighted by Gasteiger charge is -2.29. The van der Waals surface area contributed by atoms with Crippen molar-refractivity contribution >= 4 is 28.6 Å². The molecule has 6 rings (SSSR count). The molecule has 212 valence electrons. The van der Waals surface area contributed by atoms with E-state index in [4.69, 9.17) is 10.00 Å². The minimum Gasteiger partial charge on any atom is -0.378 e. The maximum absolute atomic E-state index is 13.9. The second-order valence-corrected chi connectivity index (χ2v) is 10.5. The van der Waals surface area contributed by atoms with Gasteiger partial charge in [-0.15, -0.1) is 0 Å².